The number of anilines is 2. The second kappa shape index (κ2) is 9.05. The number of ketones is 1. The van der Waals surface area contributed by atoms with Crippen LogP contribution in [0.5, 0.6) is 11.5 Å². The van der Waals surface area contributed by atoms with Crippen LogP contribution in [0.15, 0.2) is 47.9 Å². The highest BCUT2D eigenvalue weighted by atomic mass is 32.2. The van der Waals surface area contributed by atoms with E-state index in [1.807, 2.05) is 0 Å². The summed E-state index contributed by atoms with van der Waals surface area (Å²) in [6.07, 6.45) is 3.01. The zero-order chi connectivity index (χ0) is 20.0. The highest BCUT2D eigenvalue weighted by Crippen LogP contribution is 2.28. The van der Waals surface area contributed by atoms with Gasteiger partial charge < -0.3 is 20.9 Å². The summed E-state index contributed by atoms with van der Waals surface area (Å²) in [7, 11) is 1.48. The van der Waals surface area contributed by atoms with Crippen LogP contribution in [0.25, 0.3) is 11.0 Å². The first kappa shape index (κ1) is 20.3. The summed E-state index contributed by atoms with van der Waals surface area (Å²) in [5, 5.41) is 1.50. The summed E-state index contributed by atoms with van der Waals surface area (Å²) < 4.78 is 23.1. The zero-order valence-electron chi connectivity index (χ0n) is 15.4. The molecule has 0 heterocycles. The number of nitrogen functional groups attached to an aromatic ring is 2. The highest BCUT2D eigenvalue weighted by Gasteiger charge is 2.12. The summed E-state index contributed by atoms with van der Waals surface area (Å²) in [5.74, 6) is 0.866. The number of carbonyl (C=O) groups excluding carboxylic acids is 1. The van der Waals surface area contributed by atoms with Crippen LogP contribution in [0, 0.1) is 0 Å². The number of hydrogen-bond donors (Lipinski definition) is 2. The first-order valence-electron chi connectivity index (χ1n) is 8.04. The van der Waals surface area contributed by atoms with Gasteiger partial charge in [0.25, 0.3) is 0 Å². The fourth-order valence-corrected chi connectivity index (χ4v) is 3.47. The third kappa shape index (κ3) is 5.21. The number of hydrogen-bond acceptors (Lipinski definition) is 6. The molecular formula is C20H22N2O4S. The van der Waals surface area contributed by atoms with Crippen molar-refractivity contribution in [3.63, 3.8) is 0 Å². The SMILES string of the molecule is COc1ccc(C=CS(=O)/C(=C\C(C)=O)c2ccc(OC)c(N)c2)cc1N. The fraction of sp³-hybridized carbons (Fsp3) is 0.150. The topological polar surface area (TPSA) is 105 Å². The highest BCUT2D eigenvalue weighted by molar-refractivity contribution is 7.97. The lowest BCUT2D eigenvalue weighted by molar-refractivity contribution is -0.112. The Labute approximate surface area is 160 Å². The minimum absolute atomic E-state index is 0.213. The average molecular weight is 386 g/mol. The zero-order valence-corrected chi connectivity index (χ0v) is 16.2. The van der Waals surface area contributed by atoms with Crippen LogP contribution in [0.2, 0.25) is 0 Å². The van der Waals surface area contributed by atoms with E-state index in [9.17, 15) is 9.00 Å². The summed E-state index contributed by atoms with van der Waals surface area (Å²) in [6, 6.07) is 10.2. The van der Waals surface area contributed by atoms with Crippen molar-refractivity contribution < 1.29 is 18.5 Å². The van der Waals surface area contributed by atoms with E-state index < -0.39 is 10.8 Å². The van der Waals surface area contributed by atoms with Gasteiger partial charge in [-0.2, -0.15) is 0 Å². The molecule has 0 aliphatic carbocycles. The van der Waals surface area contributed by atoms with Crippen molar-refractivity contribution in [1.29, 1.82) is 0 Å². The summed E-state index contributed by atoms with van der Waals surface area (Å²) in [4.78, 5) is 12.0. The second-order valence-corrected chi connectivity index (χ2v) is 6.98. The van der Waals surface area contributed by atoms with E-state index >= 15 is 0 Å². The summed E-state index contributed by atoms with van der Waals surface area (Å²) in [6.45, 7) is 1.40. The van der Waals surface area contributed by atoms with Crippen LogP contribution in [0.4, 0.5) is 11.4 Å². The van der Waals surface area contributed by atoms with E-state index in [2.05, 4.69) is 0 Å². The molecule has 0 spiro atoms. The number of nitrogens with two attached hydrogens (primary N) is 2. The molecule has 0 aliphatic heterocycles. The molecule has 0 radical (unpaired) electrons. The third-order valence-corrected chi connectivity index (χ3v) is 4.87. The van der Waals surface area contributed by atoms with Gasteiger partial charge >= 0.3 is 0 Å². The molecule has 4 N–H and O–H groups in total. The number of rotatable bonds is 7. The van der Waals surface area contributed by atoms with Crippen molar-refractivity contribution in [2.75, 3.05) is 25.7 Å². The lowest BCUT2D eigenvalue weighted by Crippen LogP contribution is -1.98. The number of benzene rings is 2. The van der Waals surface area contributed by atoms with Gasteiger partial charge in [-0.15, -0.1) is 0 Å². The van der Waals surface area contributed by atoms with Crippen LogP contribution in [-0.4, -0.2) is 24.2 Å². The Morgan fingerprint density at radius 2 is 1.59 bits per heavy atom. The molecule has 142 valence electrons. The van der Waals surface area contributed by atoms with Crippen molar-refractivity contribution in [2.45, 2.75) is 6.92 Å². The lowest BCUT2D eigenvalue weighted by atomic mass is 10.1. The Kier molecular flexibility index (Phi) is 6.79. The number of ether oxygens (including phenoxy) is 2. The number of methoxy groups -OCH3 is 2. The third-order valence-electron chi connectivity index (χ3n) is 3.70. The summed E-state index contributed by atoms with van der Waals surface area (Å²) >= 11 is 0. The minimum Gasteiger partial charge on any atom is -0.495 e. The molecule has 1 atom stereocenters. The first-order chi connectivity index (χ1) is 12.8. The second-order valence-electron chi connectivity index (χ2n) is 5.68. The van der Waals surface area contributed by atoms with Crippen molar-refractivity contribution >= 4 is 38.9 Å². The molecule has 6 nitrogen and oxygen atoms in total. The quantitative estimate of drug-likeness (QED) is 0.559. The maximum absolute atomic E-state index is 12.8. The van der Waals surface area contributed by atoms with Gasteiger partial charge in [0, 0.05) is 5.41 Å². The maximum atomic E-state index is 12.8. The maximum Gasteiger partial charge on any atom is 0.153 e. The van der Waals surface area contributed by atoms with Gasteiger partial charge in [0.05, 0.1) is 41.3 Å². The van der Waals surface area contributed by atoms with Crippen molar-refractivity contribution in [1.82, 2.24) is 0 Å². The van der Waals surface area contributed by atoms with Crippen molar-refractivity contribution in [3.8, 4) is 11.5 Å². The van der Waals surface area contributed by atoms with Crippen molar-refractivity contribution in [3.05, 3.63) is 59.0 Å². The molecular weight excluding hydrogens is 364 g/mol. The predicted molar refractivity (Wildman–Crippen MR) is 111 cm³/mol. The van der Waals surface area contributed by atoms with Crippen LogP contribution < -0.4 is 20.9 Å². The number of allylic oxidation sites excluding steroid dienone is 1. The van der Waals surface area contributed by atoms with E-state index in [0.717, 1.165) is 5.56 Å². The van der Waals surface area contributed by atoms with E-state index in [1.165, 1.54) is 32.6 Å². The van der Waals surface area contributed by atoms with Gasteiger partial charge in [-0.05, 0) is 60.5 Å². The largest absolute Gasteiger partial charge is 0.495 e. The van der Waals surface area contributed by atoms with Gasteiger partial charge in [0.15, 0.2) is 5.78 Å². The van der Waals surface area contributed by atoms with Gasteiger partial charge in [-0.3, -0.25) is 4.79 Å². The molecule has 0 fully saturated rings. The molecule has 0 aliphatic rings. The Bertz CT molecular complexity index is 936. The molecule has 7 heteroatoms. The molecule has 0 amide bonds. The van der Waals surface area contributed by atoms with E-state index in [0.29, 0.717) is 33.3 Å². The fourth-order valence-electron chi connectivity index (χ4n) is 2.40. The van der Waals surface area contributed by atoms with Gasteiger partial charge in [0.1, 0.15) is 11.5 Å². The Morgan fingerprint density at radius 3 is 2.11 bits per heavy atom. The van der Waals surface area contributed by atoms with Crippen LogP contribution in [-0.2, 0) is 15.6 Å². The van der Waals surface area contributed by atoms with E-state index in [-0.39, 0.29) is 5.78 Å². The smallest absolute Gasteiger partial charge is 0.153 e. The van der Waals surface area contributed by atoms with E-state index in [4.69, 9.17) is 20.9 Å². The Balaban J connectivity index is 2.34. The molecule has 1 unspecified atom stereocenters. The molecule has 2 aromatic rings. The van der Waals surface area contributed by atoms with Crippen LogP contribution in [0.1, 0.15) is 18.1 Å². The van der Waals surface area contributed by atoms with Crippen LogP contribution >= 0.6 is 0 Å². The molecule has 2 rings (SSSR count). The summed E-state index contributed by atoms with van der Waals surface area (Å²) in [5.41, 5.74) is 14.0. The first-order valence-corrected chi connectivity index (χ1v) is 9.25. The predicted octanol–water partition coefficient (Wildman–Crippen LogP) is 3.22. The molecule has 0 saturated heterocycles. The van der Waals surface area contributed by atoms with E-state index in [1.54, 1.807) is 42.5 Å². The molecule has 27 heavy (non-hydrogen) atoms. The average Bonchev–Trinajstić information content (AvgIpc) is 2.64. The normalized spacial score (nSPS) is 12.8. The van der Waals surface area contributed by atoms with Gasteiger partial charge in [0.2, 0.25) is 0 Å². The molecule has 2 aromatic carbocycles. The van der Waals surface area contributed by atoms with Gasteiger partial charge in [-0.1, -0.05) is 6.07 Å². The molecule has 0 aromatic heterocycles. The van der Waals surface area contributed by atoms with Gasteiger partial charge in [-0.25, -0.2) is 4.21 Å². The standard InChI is InChI=1S/C20H22N2O4S/c1-13(23)10-20(15-5-7-19(26-3)17(22)12-15)27(24)9-8-14-4-6-18(25-2)16(21)11-14/h4-12H,21-22H2,1-3H3/b9-8?,20-10-. The monoisotopic (exact) mass is 386 g/mol. The minimum atomic E-state index is -1.57. The lowest BCUT2D eigenvalue weighted by Gasteiger charge is -2.09. The van der Waals surface area contributed by atoms with Crippen LogP contribution in [0.3, 0.4) is 0 Å². The Morgan fingerprint density at radius 1 is 1.00 bits per heavy atom. The van der Waals surface area contributed by atoms with Crippen molar-refractivity contribution in [2.24, 2.45) is 0 Å². The Hall–Kier alpha value is -3.06. The number of carbonyl (C=O) groups is 1. The molecule has 0 saturated carbocycles. The molecule has 0 bridgehead atoms.